The van der Waals surface area contributed by atoms with Crippen molar-refractivity contribution in [1.82, 2.24) is 13.7 Å². The molecular weight excluding hydrogens is 364 g/mol. The van der Waals surface area contributed by atoms with Gasteiger partial charge in [-0.05, 0) is 35.9 Å². The first-order valence-electron chi connectivity index (χ1n) is 8.20. The number of fused-ring (bicyclic) bond motifs is 3. The Labute approximate surface area is 159 Å². The van der Waals surface area contributed by atoms with Crippen molar-refractivity contribution in [3.05, 3.63) is 53.6 Å². The van der Waals surface area contributed by atoms with Crippen molar-refractivity contribution in [2.75, 3.05) is 19.5 Å². The molecule has 0 spiro atoms. The van der Waals surface area contributed by atoms with Gasteiger partial charge in [0, 0.05) is 11.9 Å². The van der Waals surface area contributed by atoms with E-state index in [4.69, 9.17) is 9.47 Å². The number of methoxy groups -OCH3 is 2. The van der Waals surface area contributed by atoms with Crippen LogP contribution in [0.3, 0.4) is 0 Å². The Morgan fingerprint density at radius 1 is 1.07 bits per heavy atom. The van der Waals surface area contributed by atoms with E-state index in [1.807, 2.05) is 24.3 Å². The number of hydrogen-bond donors (Lipinski definition) is 1. The molecule has 7 nitrogen and oxygen atoms in total. The monoisotopic (exact) mass is 380 g/mol. The summed E-state index contributed by atoms with van der Waals surface area (Å²) in [6.07, 6.45) is 0. The molecule has 4 rings (SSSR count). The lowest BCUT2D eigenvalue weighted by Crippen LogP contribution is -2.04. The number of carbonyl (C=O) groups is 1. The molecule has 0 radical (unpaired) electrons. The second kappa shape index (κ2) is 7.16. The van der Waals surface area contributed by atoms with Crippen LogP contribution in [0.1, 0.15) is 15.9 Å². The smallest absolute Gasteiger partial charge is 0.337 e. The van der Waals surface area contributed by atoms with Crippen LogP contribution in [-0.2, 0) is 11.3 Å². The topological polar surface area (TPSA) is 86.2 Å². The lowest BCUT2D eigenvalue weighted by atomic mass is 10.1. The van der Waals surface area contributed by atoms with Crippen LogP contribution in [0.25, 0.3) is 21.9 Å². The Kier molecular flexibility index (Phi) is 4.55. The van der Waals surface area contributed by atoms with Crippen molar-refractivity contribution in [3.8, 4) is 5.75 Å². The fourth-order valence-corrected chi connectivity index (χ4v) is 3.38. The molecule has 0 aliphatic heterocycles. The van der Waals surface area contributed by atoms with E-state index in [0.29, 0.717) is 29.0 Å². The van der Waals surface area contributed by atoms with Gasteiger partial charge in [0.2, 0.25) is 0 Å². The largest absolute Gasteiger partial charge is 0.497 e. The van der Waals surface area contributed by atoms with Gasteiger partial charge in [0.15, 0.2) is 5.82 Å². The van der Waals surface area contributed by atoms with Crippen molar-refractivity contribution in [2.24, 2.45) is 0 Å². The summed E-state index contributed by atoms with van der Waals surface area (Å²) in [6.45, 7) is 0.593. The van der Waals surface area contributed by atoms with E-state index in [9.17, 15) is 4.79 Å². The molecule has 0 amide bonds. The number of nitrogens with one attached hydrogen (secondary N) is 1. The molecule has 1 N–H and O–H groups in total. The Bertz CT molecular complexity index is 1130. The number of nitrogens with zero attached hydrogens (tertiary/aromatic N) is 3. The molecule has 0 fully saturated rings. The van der Waals surface area contributed by atoms with Crippen LogP contribution in [0.4, 0.5) is 5.82 Å². The fourth-order valence-electron chi connectivity index (χ4n) is 2.81. The molecule has 0 unspecified atom stereocenters. The molecule has 0 saturated heterocycles. The molecule has 2 aromatic heterocycles. The van der Waals surface area contributed by atoms with E-state index < -0.39 is 5.97 Å². The minimum absolute atomic E-state index is 0.394. The predicted octanol–water partition coefficient (Wildman–Crippen LogP) is 3.65. The van der Waals surface area contributed by atoms with Crippen molar-refractivity contribution in [1.29, 1.82) is 0 Å². The summed E-state index contributed by atoms with van der Waals surface area (Å²) in [7, 11) is 3.00. The van der Waals surface area contributed by atoms with Crippen LogP contribution >= 0.6 is 11.7 Å². The van der Waals surface area contributed by atoms with E-state index in [-0.39, 0.29) is 0 Å². The summed E-state index contributed by atoms with van der Waals surface area (Å²) in [5.41, 5.74) is 3.69. The second-order valence-electron chi connectivity index (χ2n) is 5.85. The SMILES string of the molecule is COC(=O)c1ccc2nc(NCc3ccc(OC)cc3)c3nsnc3c2c1. The van der Waals surface area contributed by atoms with Gasteiger partial charge >= 0.3 is 5.97 Å². The number of aromatic nitrogens is 3. The van der Waals surface area contributed by atoms with Crippen LogP contribution in [0, 0.1) is 0 Å². The van der Waals surface area contributed by atoms with Gasteiger partial charge in [-0.3, -0.25) is 0 Å². The van der Waals surface area contributed by atoms with Crippen molar-refractivity contribution >= 4 is 45.5 Å². The Morgan fingerprint density at radius 3 is 2.59 bits per heavy atom. The minimum atomic E-state index is -0.394. The summed E-state index contributed by atoms with van der Waals surface area (Å²) in [4.78, 5) is 16.5. The van der Waals surface area contributed by atoms with Crippen molar-refractivity contribution < 1.29 is 14.3 Å². The molecule has 0 aliphatic rings. The van der Waals surface area contributed by atoms with Crippen LogP contribution < -0.4 is 10.1 Å². The summed E-state index contributed by atoms with van der Waals surface area (Å²) in [6, 6.07) is 13.0. The predicted molar refractivity (Wildman–Crippen MR) is 104 cm³/mol. The Balaban J connectivity index is 1.69. The van der Waals surface area contributed by atoms with Gasteiger partial charge in [0.1, 0.15) is 16.8 Å². The molecule has 0 saturated carbocycles. The van der Waals surface area contributed by atoms with Crippen LogP contribution in [0.15, 0.2) is 42.5 Å². The number of ether oxygens (including phenoxy) is 2. The zero-order valence-corrected chi connectivity index (χ0v) is 15.5. The van der Waals surface area contributed by atoms with Crippen LogP contribution in [0.5, 0.6) is 5.75 Å². The summed E-state index contributed by atoms with van der Waals surface area (Å²) >= 11 is 1.12. The Morgan fingerprint density at radius 2 is 1.85 bits per heavy atom. The first kappa shape index (κ1) is 17.2. The minimum Gasteiger partial charge on any atom is -0.497 e. The highest BCUT2D eigenvalue weighted by atomic mass is 32.1. The number of anilines is 1. The number of benzene rings is 2. The van der Waals surface area contributed by atoms with Gasteiger partial charge in [0.25, 0.3) is 0 Å². The van der Waals surface area contributed by atoms with E-state index in [2.05, 4.69) is 19.0 Å². The zero-order chi connectivity index (χ0) is 18.8. The lowest BCUT2D eigenvalue weighted by Gasteiger charge is -2.09. The molecule has 4 aromatic rings. The average molecular weight is 380 g/mol. The third-order valence-corrected chi connectivity index (χ3v) is 4.77. The molecule has 2 aromatic carbocycles. The van der Waals surface area contributed by atoms with E-state index in [0.717, 1.165) is 33.9 Å². The number of carbonyl (C=O) groups excluding carboxylic acids is 1. The first-order chi connectivity index (χ1) is 13.2. The van der Waals surface area contributed by atoms with Gasteiger partial charge in [-0.1, -0.05) is 12.1 Å². The molecule has 0 atom stereocenters. The highest BCUT2D eigenvalue weighted by molar-refractivity contribution is 7.00. The quantitative estimate of drug-likeness (QED) is 0.529. The fraction of sp³-hybridized carbons (Fsp3) is 0.158. The van der Waals surface area contributed by atoms with Gasteiger partial charge in [-0.2, -0.15) is 8.75 Å². The standard InChI is InChI=1S/C19H16N4O3S/c1-25-13-6-3-11(4-7-13)10-20-18-17-16(22-27-23-17)14-9-12(19(24)26-2)5-8-15(14)21-18/h3-9H,10H2,1-2H3,(H,20,21). The van der Waals surface area contributed by atoms with E-state index in [1.165, 1.54) is 7.11 Å². The first-order valence-corrected chi connectivity index (χ1v) is 8.94. The van der Waals surface area contributed by atoms with E-state index >= 15 is 0 Å². The van der Waals surface area contributed by atoms with Gasteiger partial charge in [-0.25, -0.2) is 9.78 Å². The maximum absolute atomic E-state index is 11.8. The molecule has 0 aliphatic carbocycles. The van der Waals surface area contributed by atoms with Gasteiger partial charge < -0.3 is 14.8 Å². The molecule has 27 heavy (non-hydrogen) atoms. The van der Waals surface area contributed by atoms with E-state index in [1.54, 1.807) is 25.3 Å². The lowest BCUT2D eigenvalue weighted by molar-refractivity contribution is 0.0601. The maximum Gasteiger partial charge on any atom is 0.337 e. The Hall–Kier alpha value is -3.26. The summed E-state index contributed by atoms with van der Waals surface area (Å²) < 4.78 is 18.7. The highest BCUT2D eigenvalue weighted by Crippen LogP contribution is 2.29. The maximum atomic E-state index is 11.8. The van der Waals surface area contributed by atoms with Crippen molar-refractivity contribution in [2.45, 2.75) is 6.54 Å². The summed E-state index contributed by atoms with van der Waals surface area (Å²) in [5, 5.41) is 4.10. The van der Waals surface area contributed by atoms with Gasteiger partial charge in [0.05, 0.1) is 37.0 Å². The molecule has 8 heteroatoms. The van der Waals surface area contributed by atoms with Gasteiger partial charge in [-0.15, -0.1) is 0 Å². The number of esters is 1. The number of pyridine rings is 1. The number of hydrogen-bond acceptors (Lipinski definition) is 8. The average Bonchev–Trinajstić information content (AvgIpc) is 3.22. The summed E-state index contributed by atoms with van der Waals surface area (Å²) in [5.74, 6) is 1.08. The molecule has 0 bridgehead atoms. The third-order valence-electron chi connectivity index (χ3n) is 4.24. The van der Waals surface area contributed by atoms with Crippen molar-refractivity contribution in [3.63, 3.8) is 0 Å². The molecule has 2 heterocycles. The zero-order valence-electron chi connectivity index (χ0n) is 14.7. The number of rotatable bonds is 5. The highest BCUT2D eigenvalue weighted by Gasteiger charge is 2.15. The van der Waals surface area contributed by atoms with Crippen LogP contribution in [-0.4, -0.2) is 33.9 Å². The molecule has 136 valence electrons. The molecular formula is C19H16N4O3S. The van der Waals surface area contributed by atoms with Crippen LogP contribution in [0.2, 0.25) is 0 Å². The second-order valence-corrected chi connectivity index (χ2v) is 6.38. The third kappa shape index (κ3) is 3.26. The normalized spacial score (nSPS) is 10.9.